The van der Waals surface area contributed by atoms with Crippen molar-refractivity contribution in [2.45, 2.75) is 96.3 Å². The molecular weight excluding hydrogens is 496 g/mol. The van der Waals surface area contributed by atoms with Crippen molar-refractivity contribution in [1.29, 1.82) is 0 Å². The maximum atomic E-state index is 14.1. The predicted octanol–water partition coefficient (Wildman–Crippen LogP) is 8.28. The van der Waals surface area contributed by atoms with E-state index in [-0.39, 0.29) is 36.0 Å². The third kappa shape index (κ3) is 6.60. The average molecular weight is 532 g/mol. The highest BCUT2D eigenvalue weighted by Gasteiger charge is 2.43. The first-order valence-corrected chi connectivity index (χ1v) is 13.1. The third-order valence-electron chi connectivity index (χ3n) is 7.83. The molecule has 2 aliphatic heterocycles. The van der Waals surface area contributed by atoms with Crippen LogP contribution in [0.3, 0.4) is 0 Å². The Balaban J connectivity index is 1.70. The fourth-order valence-electron chi connectivity index (χ4n) is 6.01. The SMILES string of the molecule is CCCC(c1cc(C(F)(F)F)ccc1C(F)(F)F)N1CC[C@H](CC2OC(C)O2)CC1[C@@H]1C=CC(C)=CC1. The fourth-order valence-corrected chi connectivity index (χ4v) is 6.01. The molecule has 0 amide bonds. The summed E-state index contributed by atoms with van der Waals surface area (Å²) in [4.78, 5) is 2.05. The van der Waals surface area contributed by atoms with E-state index in [4.69, 9.17) is 9.47 Å². The molecule has 4 rings (SSSR count). The van der Waals surface area contributed by atoms with E-state index in [1.165, 1.54) is 0 Å². The van der Waals surface area contributed by atoms with Gasteiger partial charge in [-0.05, 0) is 81.7 Å². The summed E-state index contributed by atoms with van der Waals surface area (Å²) >= 11 is 0. The maximum absolute atomic E-state index is 14.1. The van der Waals surface area contributed by atoms with Crippen molar-refractivity contribution < 1.29 is 35.8 Å². The largest absolute Gasteiger partial charge is 0.416 e. The second-order valence-corrected chi connectivity index (χ2v) is 10.5. The standard InChI is InChI=1S/C28H35F6NO2/c1-4-5-24(22-16-21(27(29,30)31)10-11-23(22)28(32,33)34)35-13-12-19(15-26-36-18(3)37-26)14-25(35)20-8-6-17(2)7-9-20/h6-8,10-11,16,18-20,24-26H,4-5,9,12-15H2,1-3H3/t18?,19-,20+,24?,25?,26?/m0/s1. The molecule has 0 aromatic heterocycles. The van der Waals surface area contributed by atoms with E-state index < -0.39 is 29.5 Å². The van der Waals surface area contributed by atoms with Gasteiger partial charge in [0.2, 0.25) is 0 Å². The molecule has 1 aromatic rings. The number of likely N-dealkylation sites (tertiary alicyclic amines) is 1. The molecule has 3 nitrogen and oxygen atoms in total. The van der Waals surface area contributed by atoms with Gasteiger partial charge in [-0.3, -0.25) is 4.90 Å². The van der Waals surface area contributed by atoms with Crippen LogP contribution in [0.2, 0.25) is 0 Å². The summed E-state index contributed by atoms with van der Waals surface area (Å²) in [5.41, 5.74) is -1.19. The molecule has 206 valence electrons. The summed E-state index contributed by atoms with van der Waals surface area (Å²) in [6.07, 6.45) is 0.0442. The van der Waals surface area contributed by atoms with E-state index in [2.05, 4.69) is 17.1 Å². The molecule has 3 aliphatic rings. The zero-order chi connectivity index (χ0) is 27.0. The van der Waals surface area contributed by atoms with E-state index in [0.29, 0.717) is 37.9 Å². The number of halogens is 6. The highest BCUT2D eigenvalue weighted by Crippen LogP contribution is 2.45. The summed E-state index contributed by atoms with van der Waals surface area (Å²) in [5.74, 6) is 0.318. The van der Waals surface area contributed by atoms with Gasteiger partial charge >= 0.3 is 12.4 Å². The maximum Gasteiger partial charge on any atom is 0.416 e. The minimum atomic E-state index is -4.75. The van der Waals surface area contributed by atoms with Gasteiger partial charge in [0.05, 0.1) is 11.1 Å². The lowest BCUT2D eigenvalue weighted by molar-refractivity contribution is -0.380. The number of nitrogens with zero attached hydrogens (tertiary/aromatic N) is 1. The molecular formula is C28H35F6NO2. The highest BCUT2D eigenvalue weighted by atomic mass is 19.4. The molecule has 1 aliphatic carbocycles. The number of hydrogen-bond acceptors (Lipinski definition) is 3. The zero-order valence-corrected chi connectivity index (χ0v) is 21.4. The molecule has 0 saturated carbocycles. The molecule has 0 bridgehead atoms. The molecule has 1 aromatic carbocycles. The monoisotopic (exact) mass is 531 g/mol. The Labute approximate surface area is 214 Å². The van der Waals surface area contributed by atoms with Crippen LogP contribution in [-0.4, -0.2) is 30.1 Å². The lowest BCUT2D eigenvalue weighted by Crippen LogP contribution is -2.50. The van der Waals surface area contributed by atoms with Crippen LogP contribution in [-0.2, 0) is 21.8 Å². The summed E-state index contributed by atoms with van der Waals surface area (Å²) in [6, 6.07) is 0.984. The van der Waals surface area contributed by atoms with Gasteiger partial charge in [-0.15, -0.1) is 0 Å². The summed E-state index contributed by atoms with van der Waals surface area (Å²) < 4.78 is 94.3. The molecule has 37 heavy (non-hydrogen) atoms. The van der Waals surface area contributed by atoms with Gasteiger partial charge < -0.3 is 9.47 Å². The second kappa shape index (κ2) is 11.1. The van der Waals surface area contributed by atoms with Crippen LogP contribution in [0.25, 0.3) is 0 Å². The molecule has 0 N–H and O–H groups in total. The lowest BCUT2D eigenvalue weighted by atomic mass is 9.77. The molecule has 4 atom stereocenters. The molecule has 2 heterocycles. The minimum Gasteiger partial charge on any atom is -0.324 e. The van der Waals surface area contributed by atoms with Crippen LogP contribution in [0.1, 0.15) is 82.0 Å². The van der Waals surface area contributed by atoms with E-state index in [1.807, 2.05) is 26.8 Å². The Kier molecular flexibility index (Phi) is 8.46. The second-order valence-electron chi connectivity index (χ2n) is 10.5. The molecule has 0 spiro atoms. The van der Waals surface area contributed by atoms with Crippen molar-refractivity contribution in [2.75, 3.05) is 6.54 Å². The van der Waals surface area contributed by atoms with Crippen molar-refractivity contribution >= 4 is 0 Å². The number of rotatable bonds is 7. The number of piperidine rings is 1. The Morgan fingerprint density at radius 3 is 2.38 bits per heavy atom. The topological polar surface area (TPSA) is 21.7 Å². The first kappa shape index (κ1) is 28.2. The molecule has 9 heteroatoms. The Morgan fingerprint density at radius 1 is 1.08 bits per heavy atom. The van der Waals surface area contributed by atoms with Crippen LogP contribution in [0.5, 0.6) is 0 Å². The highest BCUT2D eigenvalue weighted by molar-refractivity contribution is 5.38. The van der Waals surface area contributed by atoms with Gasteiger partial charge in [0.1, 0.15) is 0 Å². The van der Waals surface area contributed by atoms with Crippen LogP contribution >= 0.6 is 0 Å². The predicted molar refractivity (Wildman–Crippen MR) is 128 cm³/mol. The van der Waals surface area contributed by atoms with Gasteiger partial charge in [0.15, 0.2) is 12.6 Å². The Hall–Kier alpha value is -1.84. The van der Waals surface area contributed by atoms with Crippen molar-refractivity contribution in [3.63, 3.8) is 0 Å². The quantitative estimate of drug-likeness (QED) is 0.331. The molecule has 2 unspecified atom stereocenters. The zero-order valence-electron chi connectivity index (χ0n) is 21.4. The molecule has 0 radical (unpaired) electrons. The van der Waals surface area contributed by atoms with Crippen molar-refractivity contribution in [1.82, 2.24) is 4.90 Å². The summed E-state index contributed by atoms with van der Waals surface area (Å²) in [7, 11) is 0. The van der Waals surface area contributed by atoms with Gasteiger partial charge in [-0.2, -0.15) is 26.3 Å². The van der Waals surface area contributed by atoms with Gasteiger partial charge in [0.25, 0.3) is 0 Å². The summed E-state index contributed by atoms with van der Waals surface area (Å²) in [6.45, 7) is 6.18. The number of allylic oxidation sites excluding steroid dienone is 3. The van der Waals surface area contributed by atoms with Crippen molar-refractivity contribution in [3.8, 4) is 0 Å². The summed E-state index contributed by atoms with van der Waals surface area (Å²) in [5, 5.41) is 0. The normalized spacial score (nSPS) is 30.1. The van der Waals surface area contributed by atoms with Crippen molar-refractivity contribution in [2.24, 2.45) is 11.8 Å². The minimum absolute atomic E-state index is 0.0631. The van der Waals surface area contributed by atoms with Crippen LogP contribution < -0.4 is 0 Å². The molecule has 2 fully saturated rings. The van der Waals surface area contributed by atoms with Gasteiger partial charge in [-0.25, -0.2) is 0 Å². The molecule has 2 saturated heterocycles. The average Bonchev–Trinajstić information content (AvgIpc) is 2.81. The fraction of sp³-hybridized carbons (Fsp3) is 0.643. The third-order valence-corrected chi connectivity index (χ3v) is 7.83. The lowest BCUT2D eigenvalue weighted by Gasteiger charge is -2.48. The van der Waals surface area contributed by atoms with E-state index in [9.17, 15) is 26.3 Å². The van der Waals surface area contributed by atoms with E-state index >= 15 is 0 Å². The van der Waals surface area contributed by atoms with Crippen molar-refractivity contribution in [3.05, 3.63) is 58.7 Å². The van der Waals surface area contributed by atoms with Crippen LogP contribution in [0.4, 0.5) is 26.3 Å². The number of benzene rings is 1. The number of alkyl halides is 6. The number of hydrogen-bond donors (Lipinski definition) is 0. The Morgan fingerprint density at radius 2 is 1.81 bits per heavy atom. The van der Waals surface area contributed by atoms with Crippen LogP contribution in [0.15, 0.2) is 42.0 Å². The van der Waals surface area contributed by atoms with Gasteiger partial charge in [0, 0.05) is 18.5 Å². The van der Waals surface area contributed by atoms with Gasteiger partial charge in [-0.1, -0.05) is 37.1 Å². The first-order valence-electron chi connectivity index (χ1n) is 13.1. The van der Waals surface area contributed by atoms with E-state index in [1.54, 1.807) is 0 Å². The number of ether oxygens (including phenoxy) is 2. The Bertz CT molecular complexity index is 995. The smallest absolute Gasteiger partial charge is 0.324 e. The van der Waals surface area contributed by atoms with E-state index in [0.717, 1.165) is 30.9 Å². The van der Waals surface area contributed by atoms with Crippen LogP contribution in [0, 0.1) is 11.8 Å². The first-order chi connectivity index (χ1) is 17.4.